The number of benzene rings is 1. The molecule has 0 unspecified atom stereocenters. The lowest BCUT2D eigenvalue weighted by Gasteiger charge is -2.22. The maximum Gasteiger partial charge on any atom is 0.309 e. The molecule has 2 amide bonds. The van der Waals surface area contributed by atoms with E-state index in [1.807, 2.05) is 18.2 Å². The zero-order valence-corrected chi connectivity index (χ0v) is 12.9. The Morgan fingerprint density at radius 3 is 2.55 bits per heavy atom. The van der Waals surface area contributed by atoms with Gasteiger partial charge in [0.15, 0.2) is 0 Å². The maximum absolute atomic E-state index is 11.8. The predicted molar refractivity (Wildman–Crippen MR) is 81.2 cm³/mol. The number of rotatable bonds is 6. The van der Waals surface area contributed by atoms with Crippen LogP contribution in [-0.2, 0) is 16.1 Å². The van der Waals surface area contributed by atoms with E-state index in [4.69, 9.17) is 4.74 Å². The molecule has 0 aliphatic heterocycles. The summed E-state index contributed by atoms with van der Waals surface area (Å²) in [5.41, 5.74) is -0.158. The van der Waals surface area contributed by atoms with Gasteiger partial charge in [-0.15, -0.1) is 0 Å². The van der Waals surface area contributed by atoms with Crippen molar-refractivity contribution in [2.75, 3.05) is 13.7 Å². The zero-order valence-electron chi connectivity index (χ0n) is 12.9. The van der Waals surface area contributed by atoms with Gasteiger partial charge in [-0.2, -0.15) is 0 Å². The van der Waals surface area contributed by atoms with Gasteiger partial charge in [0.2, 0.25) is 0 Å². The molecule has 120 valence electrons. The van der Waals surface area contributed by atoms with E-state index in [-0.39, 0.29) is 19.0 Å². The average molecular weight is 306 g/mol. The Balaban J connectivity index is 1.80. The van der Waals surface area contributed by atoms with E-state index in [1.165, 1.54) is 0 Å². The van der Waals surface area contributed by atoms with E-state index >= 15 is 0 Å². The van der Waals surface area contributed by atoms with E-state index in [1.54, 1.807) is 20.1 Å². The van der Waals surface area contributed by atoms with Gasteiger partial charge in [0.05, 0.1) is 12.7 Å². The van der Waals surface area contributed by atoms with Crippen molar-refractivity contribution in [2.45, 2.75) is 31.9 Å². The lowest BCUT2D eigenvalue weighted by atomic mass is 10.0. The molecule has 0 saturated heterocycles. The number of hydrogen-bond acceptors (Lipinski definition) is 4. The summed E-state index contributed by atoms with van der Waals surface area (Å²) in [6, 6.07) is 7.26. The second-order valence-corrected chi connectivity index (χ2v) is 5.81. The highest BCUT2D eigenvalue weighted by Crippen LogP contribution is 2.38. The smallest absolute Gasteiger partial charge is 0.309 e. The Hall–Kier alpha value is -2.08. The Labute approximate surface area is 129 Å². The van der Waals surface area contributed by atoms with Gasteiger partial charge >= 0.3 is 11.8 Å². The largest absolute Gasteiger partial charge is 0.496 e. The number of nitrogens with one attached hydrogen (secondary N) is 2. The van der Waals surface area contributed by atoms with Crippen LogP contribution in [0.1, 0.15) is 25.3 Å². The normalized spacial score (nSPS) is 16.5. The summed E-state index contributed by atoms with van der Waals surface area (Å²) < 4.78 is 5.18. The SMILES string of the molecule is COc1ccccc1CNC(=O)C(=O)NC[C@@](C)(O)C1CC1. The average Bonchev–Trinajstić information content (AvgIpc) is 3.35. The third kappa shape index (κ3) is 4.21. The first kappa shape index (κ1) is 16.3. The number of methoxy groups -OCH3 is 1. The predicted octanol–water partition coefficient (Wildman–Crippen LogP) is 0.589. The summed E-state index contributed by atoms with van der Waals surface area (Å²) in [5.74, 6) is -0.599. The number of hydrogen-bond donors (Lipinski definition) is 3. The molecule has 1 saturated carbocycles. The second kappa shape index (κ2) is 6.79. The van der Waals surface area contributed by atoms with Crippen LogP contribution >= 0.6 is 0 Å². The molecular weight excluding hydrogens is 284 g/mol. The van der Waals surface area contributed by atoms with Crippen LogP contribution in [0.5, 0.6) is 5.75 Å². The fraction of sp³-hybridized carbons (Fsp3) is 0.500. The molecule has 22 heavy (non-hydrogen) atoms. The van der Waals surface area contributed by atoms with Crippen LogP contribution in [-0.4, -0.2) is 36.2 Å². The molecular formula is C16H22N2O4. The topological polar surface area (TPSA) is 87.7 Å². The fourth-order valence-corrected chi connectivity index (χ4v) is 2.29. The van der Waals surface area contributed by atoms with Gasteiger partial charge in [-0.3, -0.25) is 9.59 Å². The van der Waals surface area contributed by atoms with Crippen LogP contribution in [0.2, 0.25) is 0 Å². The van der Waals surface area contributed by atoms with Crippen LogP contribution in [0.15, 0.2) is 24.3 Å². The molecule has 2 rings (SSSR count). The van der Waals surface area contributed by atoms with E-state index in [9.17, 15) is 14.7 Å². The van der Waals surface area contributed by atoms with E-state index in [0.29, 0.717) is 5.75 Å². The Kier molecular flexibility index (Phi) is 5.03. The standard InChI is InChI=1S/C16H22N2O4/c1-16(21,12-7-8-12)10-18-15(20)14(19)17-9-11-5-3-4-6-13(11)22-2/h3-6,12,21H,7-10H2,1-2H3,(H,17,19)(H,18,20)/t16-/m1/s1. The van der Waals surface area contributed by atoms with Crippen molar-refractivity contribution in [3.63, 3.8) is 0 Å². The van der Waals surface area contributed by atoms with Crippen molar-refractivity contribution < 1.29 is 19.4 Å². The zero-order chi connectivity index (χ0) is 16.2. The quantitative estimate of drug-likeness (QED) is 0.671. The number of carbonyl (C=O) groups is 2. The summed E-state index contributed by atoms with van der Waals surface area (Å²) in [4.78, 5) is 23.5. The summed E-state index contributed by atoms with van der Waals surface area (Å²) >= 11 is 0. The summed E-state index contributed by atoms with van der Waals surface area (Å²) in [6.45, 7) is 1.96. The van der Waals surface area contributed by atoms with Crippen molar-refractivity contribution in [2.24, 2.45) is 5.92 Å². The first-order valence-corrected chi connectivity index (χ1v) is 7.34. The molecule has 0 radical (unpaired) electrons. The molecule has 0 heterocycles. The minimum absolute atomic E-state index is 0.0819. The van der Waals surface area contributed by atoms with Gasteiger partial charge in [0, 0.05) is 18.7 Å². The monoisotopic (exact) mass is 306 g/mol. The summed E-state index contributed by atoms with van der Waals surface area (Å²) in [5, 5.41) is 15.1. The third-order valence-corrected chi connectivity index (χ3v) is 3.90. The highest BCUT2D eigenvalue weighted by molar-refractivity contribution is 6.35. The van der Waals surface area contributed by atoms with Crippen LogP contribution < -0.4 is 15.4 Å². The van der Waals surface area contributed by atoms with Gasteiger partial charge < -0.3 is 20.5 Å². The molecule has 0 spiro atoms. The van der Waals surface area contributed by atoms with Crippen LogP contribution in [0, 0.1) is 5.92 Å². The summed E-state index contributed by atoms with van der Waals surface area (Å²) in [7, 11) is 1.55. The van der Waals surface area contributed by atoms with Crippen molar-refractivity contribution >= 4 is 11.8 Å². The minimum atomic E-state index is -0.946. The molecule has 1 fully saturated rings. The molecule has 1 aliphatic carbocycles. The lowest BCUT2D eigenvalue weighted by molar-refractivity contribution is -0.140. The molecule has 1 atom stereocenters. The second-order valence-electron chi connectivity index (χ2n) is 5.81. The Morgan fingerprint density at radius 2 is 1.91 bits per heavy atom. The van der Waals surface area contributed by atoms with E-state index in [2.05, 4.69) is 10.6 Å². The number of para-hydroxylation sites is 1. The number of amides is 2. The minimum Gasteiger partial charge on any atom is -0.496 e. The Bertz CT molecular complexity index is 553. The van der Waals surface area contributed by atoms with Crippen LogP contribution in [0.4, 0.5) is 0 Å². The number of ether oxygens (including phenoxy) is 1. The van der Waals surface area contributed by atoms with E-state index in [0.717, 1.165) is 18.4 Å². The molecule has 1 aromatic carbocycles. The third-order valence-electron chi connectivity index (χ3n) is 3.90. The molecule has 3 N–H and O–H groups in total. The highest BCUT2D eigenvalue weighted by Gasteiger charge is 2.40. The maximum atomic E-state index is 11.8. The first-order chi connectivity index (χ1) is 10.4. The number of aliphatic hydroxyl groups is 1. The van der Waals surface area contributed by atoms with Gasteiger partial charge in [-0.1, -0.05) is 18.2 Å². The van der Waals surface area contributed by atoms with Crippen molar-refractivity contribution in [1.29, 1.82) is 0 Å². The molecule has 6 heteroatoms. The molecule has 0 bridgehead atoms. The van der Waals surface area contributed by atoms with Gasteiger partial charge in [0.1, 0.15) is 5.75 Å². The number of carbonyl (C=O) groups excluding carboxylic acids is 2. The highest BCUT2D eigenvalue weighted by atomic mass is 16.5. The van der Waals surface area contributed by atoms with Crippen LogP contribution in [0.3, 0.4) is 0 Å². The van der Waals surface area contributed by atoms with Crippen molar-refractivity contribution in [3.05, 3.63) is 29.8 Å². The molecule has 0 aromatic heterocycles. The first-order valence-electron chi connectivity index (χ1n) is 7.34. The molecule has 1 aromatic rings. The Morgan fingerprint density at radius 1 is 1.27 bits per heavy atom. The van der Waals surface area contributed by atoms with Gasteiger partial charge in [-0.05, 0) is 31.7 Å². The molecule has 1 aliphatic rings. The lowest BCUT2D eigenvalue weighted by Crippen LogP contribution is -2.47. The van der Waals surface area contributed by atoms with Crippen LogP contribution in [0.25, 0.3) is 0 Å². The molecule has 6 nitrogen and oxygen atoms in total. The van der Waals surface area contributed by atoms with E-state index < -0.39 is 17.4 Å². The summed E-state index contributed by atoms with van der Waals surface area (Å²) in [6.07, 6.45) is 1.92. The van der Waals surface area contributed by atoms with Gasteiger partial charge in [-0.25, -0.2) is 0 Å². The van der Waals surface area contributed by atoms with Crippen molar-refractivity contribution in [3.8, 4) is 5.75 Å². The van der Waals surface area contributed by atoms with Crippen molar-refractivity contribution in [1.82, 2.24) is 10.6 Å². The van der Waals surface area contributed by atoms with Gasteiger partial charge in [0.25, 0.3) is 0 Å². The fourth-order valence-electron chi connectivity index (χ4n) is 2.29.